The van der Waals surface area contributed by atoms with Crippen molar-refractivity contribution < 1.29 is 60.9 Å². The van der Waals surface area contributed by atoms with Crippen molar-refractivity contribution in [2.75, 3.05) is 6.61 Å². The third-order valence-corrected chi connectivity index (χ3v) is 6.82. The quantitative estimate of drug-likeness (QED) is 0.184. The normalized spacial score (nSPS) is 30.6. The van der Waals surface area contributed by atoms with E-state index in [1.807, 2.05) is 36.4 Å². The molecule has 0 saturated heterocycles. The summed E-state index contributed by atoms with van der Waals surface area (Å²) in [5.74, 6) is -1.67. The van der Waals surface area contributed by atoms with E-state index < -0.39 is 51.9 Å². The fourth-order valence-electron chi connectivity index (χ4n) is 5.31. The number of hydrogen-bond acceptors (Lipinski definition) is 8. The molecule has 2 aromatic carbocycles. The van der Waals surface area contributed by atoms with E-state index >= 15 is 0 Å². The Bertz CT molecular complexity index is 993. The average molecular weight is 507 g/mol. The van der Waals surface area contributed by atoms with Gasteiger partial charge in [-0.05, 0) is 29.9 Å². The van der Waals surface area contributed by atoms with Crippen LogP contribution in [0.15, 0.2) is 60.7 Å². The van der Waals surface area contributed by atoms with Gasteiger partial charge in [-0.25, -0.2) is 0 Å². The summed E-state index contributed by atoms with van der Waals surface area (Å²) in [7, 11) is 0. The van der Waals surface area contributed by atoms with E-state index in [4.69, 9.17) is 0 Å². The van der Waals surface area contributed by atoms with Crippen molar-refractivity contribution >= 4 is 14.7 Å². The Kier molecular flexibility index (Phi) is 12.9. The molecule has 0 amide bonds. The largest absolute Gasteiger partial charge is 1.00 e. The van der Waals surface area contributed by atoms with E-state index in [2.05, 4.69) is 0 Å². The maximum Gasteiger partial charge on any atom is 1.00 e. The van der Waals surface area contributed by atoms with Crippen molar-refractivity contribution in [3.63, 3.8) is 0 Å². The molecule has 0 aromatic heterocycles. The van der Waals surface area contributed by atoms with E-state index in [0.717, 1.165) is 11.1 Å². The van der Waals surface area contributed by atoms with Crippen molar-refractivity contribution in [3.8, 4) is 0 Å². The van der Waals surface area contributed by atoms with Crippen LogP contribution < -0.4 is 29.6 Å². The molecule has 0 heterocycles. The Labute approximate surface area is 234 Å². The number of nitro groups is 2. The van der Waals surface area contributed by atoms with E-state index in [9.17, 15) is 40.3 Å². The van der Waals surface area contributed by atoms with Crippen LogP contribution in [0.2, 0.25) is 0 Å². The number of carbonyl (C=O) groups is 1. The topological polar surface area (TPSA) is 164 Å². The smallest absolute Gasteiger partial charge is 1.00 e. The van der Waals surface area contributed by atoms with Gasteiger partial charge in [-0.2, -0.15) is 0 Å². The zero-order chi connectivity index (χ0) is 24.8. The summed E-state index contributed by atoms with van der Waals surface area (Å²) in [5.41, 5.74) is 1.55. The fraction of sp³-hybridized carbons (Fsp3) is 0.458. The SMILES string of the molecule is O=C[C@@H]1CC(O)C([N+](=O)[O-])[C@@H]1c1ccccc1.O=[N+]([O-])C1C(O)C[C@@H](CO)[C@H]1c1ccccc1.[B].[H-].[Na+]. The van der Waals surface area contributed by atoms with E-state index in [1.165, 1.54) is 0 Å². The number of rotatable bonds is 6. The molecule has 0 aliphatic heterocycles. The van der Waals surface area contributed by atoms with Gasteiger partial charge in [-0.1, -0.05) is 60.7 Å². The van der Waals surface area contributed by atoms with Gasteiger partial charge in [0.25, 0.3) is 0 Å². The van der Waals surface area contributed by atoms with Gasteiger partial charge in [0.05, 0.1) is 11.8 Å². The first-order valence-electron chi connectivity index (χ1n) is 11.1. The second-order valence-corrected chi connectivity index (χ2v) is 8.77. The number of aliphatic hydroxyl groups excluding tert-OH is 3. The monoisotopic (exact) mass is 507 g/mol. The van der Waals surface area contributed by atoms with Crippen LogP contribution in [0.5, 0.6) is 0 Å². The molecular formula is C24H29BN2NaO8. The standard InChI is InChI=1S/C12H15NO4.C12H13NO4.B.Na.H/c2*14-7-9-6-10(15)12(13(16)17)11(9)8-4-2-1-3-5-8;;;/h1-5,9-12,14-15H,6-7H2;1-5,7,9-12,15H,6H2;;;/q;;;+1;-1/t2*9-,10?,11+,12?;;;/m00.../s1. The maximum atomic E-state index is 11.0. The molecular weight excluding hydrogens is 478 g/mol. The summed E-state index contributed by atoms with van der Waals surface area (Å²) in [4.78, 5) is 32.1. The molecule has 10 nitrogen and oxygen atoms in total. The van der Waals surface area contributed by atoms with Crippen molar-refractivity contribution in [2.45, 2.75) is 49.0 Å². The number of nitrogens with zero attached hydrogens (tertiary/aromatic N) is 2. The Morgan fingerprint density at radius 2 is 1.25 bits per heavy atom. The summed E-state index contributed by atoms with van der Waals surface area (Å²) >= 11 is 0. The van der Waals surface area contributed by atoms with Crippen LogP contribution in [-0.4, -0.2) is 70.8 Å². The maximum absolute atomic E-state index is 11.0. The van der Waals surface area contributed by atoms with Crippen LogP contribution in [0.3, 0.4) is 0 Å². The Hall–Kier alpha value is -2.15. The van der Waals surface area contributed by atoms with Crippen LogP contribution in [0.1, 0.15) is 37.2 Å². The Morgan fingerprint density at radius 1 is 0.833 bits per heavy atom. The van der Waals surface area contributed by atoms with Crippen molar-refractivity contribution in [1.29, 1.82) is 0 Å². The van der Waals surface area contributed by atoms with Crippen LogP contribution >= 0.6 is 0 Å². The predicted octanol–water partition coefficient (Wildman–Crippen LogP) is -1.48. The van der Waals surface area contributed by atoms with Crippen molar-refractivity contribution in [3.05, 3.63) is 92.0 Å². The van der Waals surface area contributed by atoms with Crippen LogP contribution in [-0.2, 0) is 4.79 Å². The molecule has 12 heteroatoms. The second kappa shape index (κ2) is 14.6. The number of hydrogen-bond donors (Lipinski definition) is 3. The van der Waals surface area contributed by atoms with Gasteiger partial charge >= 0.3 is 29.6 Å². The van der Waals surface area contributed by atoms with Crippen LogP contribution in [0, 0.1) is 32.1 Å². The fourth-order valence-corrected chi connectivity index (χ4v) is 5.31. The van der Waals surface area contributed by atoms with Gasteiger partial charge in [-0.3, -0.25) is 20.2 Å². The number of aliphatic hydroxyl groups is 3. The predicted molar refractivity (Wildman–Crippen MR) is 128 cm³/mol. The minimum absolute atomic E-state index is 0. The molecule has 4 unspecified atom stereocenters. The zero-order valence-corrected chi connectivity index (χ0v) is 21.9. The molecule has 0 spiro atoms. The van der Waals surface area contributed by atoms with Gasteiger partial charge in [0.1, 0.15) is 18.5 Å². The Balaban J connectivity index is 0.000000648. The van der Waals surface area contributed by atoms with Crippen LogP contribution in [0.25, 0.3) is 0 Å². The second-order valence-electron chi connectivity index (χ2n) is 8.77. The summed E-state index contributed by atoms with van der Waals surface area (Å²) in [6.07, 6.45) is -0.876. The number of aldehydes is 1. The van der Waals surface area contributed by atoms with Gasteiger partial charge < -0.3 is 21.5 Å². The summed E-state index contributed by atoms with van der Waals surface area (Å²) in [6, 6.07) is 15.8. The minimum Gasteiger partial charge on any atom is -1.00 e. The first kappa shape index (κ1) is 31.9. The summed E-state index contributed by atoms with van der Waals surface area (Å²) < 4.78 is 0. The molecule has 2 aliphatic rings. The van der Waals surface area contributed by atoms with Gasteiger partial charge in [-0.15, -0.1) is 0 Å². The third-order valence-electron chi connectivity index (χ3n) is 6.82. The van der Waals surface area contributed by atoms with Gasteiger partial charge in [0.15, 0.2) is 0 Å². The summed E-state index contributed by atoms with van der Waals surface area (Å²) in [6.45, 7) is -0.138. The molecule has 187 valence electrons. The molecule has 4 rings (SSSR count). The van der Waals surface area contributed by atoms with Gasteiger partial charge in [0, 0.05) is 30.8 Å². The molecule has 2 saturated carbocycles. The van der Waals surface area contributed by atoms with Crippen molar-refractivity contribution in [1.82, 2.24) is 0 Å². The van der Waals surface area contributed by atoms with Crippen LogP contribution in [0.4, 0.5) is 0 Å². The molecule has 3 N–H and O–H groups in total. The molecule has 2 aromatic rings. The van der Waals surface area contributed by atoms with E-state index in [1.54, 1.807) is 24.3 Å². The van der Waals surface area contributed by atoms with Crippen molar-refractivity contribution in [2.24, 2.45) is 11.8 Å². The Morgan fingerprint density at radius 3 is 1.67 bits per heavy atom. The number of carbonyl (C=O) groups excluding carboxylic acids is 1. The first-order chi connectivity index (χ1) is 16.3. The molecule has 8 atom stereocenters. The van der Waals surface area contributed by atoms with E-state index in [-0.39, 0.29) is 64.8 Å². The molecule has 2 fully saturated rings. The zero-order valence-electron chi connectivity index (χ0n) is 20.9. The first-order valence-corrected chi connectivity index (χ1v) is 11.1. The minimum atomic E-state index is -1.09. The molecule has 0 bridgehead atoms. The van der Waals surface area contributed by atoms with E-state index in [0.29, 0.717) is 6.29 Å². The third kappa shape index (κ3) is 6.99. The number of benzene rings is 2. The van der Waals surface area contributed by atoms with Gasteiger partial charge in [0.2, 0.25) is 12.1 Å². The average Bonchev–Trinajstić information content (AvgIpc) is 3.36. The molecule has 2 aliphatic carbocycles. The molecule has 36 heavy (non-hydrogen) atoms. The summed E-state index contributed by atoms with van der Waals surface area (Å²) in [5, 5.41) is 50.7. The molecule has 3 radical (unpaired) electrons.